The maximum absolute atomic E-state index is 5.41. The van der Waals surface area contributed by atoms with Gasteiger partial charge < -0.3 is 4.74 Å². The number of nitrogens with one attached hydrogen (secondary N) is 1. The van der Waals surface area contributed by atoms with E-state index >= 15 is 0 Å². The second-order valence-corrected chi connectivity index (χ2v) is 3.97. The first-order chi connectivity index (χ1) is 6.77. The van der Waals surface area contributed by atoms with E-state index in [1.165, 1.54) is 5.56 Å². The molecule has 0 bridgehead atoms. The molecule has 3 nitrogen and oxygen atoms in total. The van der Waals surface area contributed by atoms with Gasteiger partial charge in [-0.3, -0.25) is 11.3 Å². The monoisotopic (exact) mass is 258 g/mol. The minimum atomic E-state index is 0.152. The van der Waals surface area contributed by atoms with E-state index in [2.05, 4.69) is 27.4 Å². The number of benzene rings is 1. The lowest BCUT2D eigenvalue weighted by atomic mass is 10.1. The molecule has 1 atom stereocenters. The van der Waals surface area contributed by atoms with Gasteiger partial charge in [-0.1, -0.05) is 34.1 Å². The number of nitrogens with two attached hydrogens (primary N) is 1. The summed E-state index contributed by atoms with van der Waals surface area (Å²) < 4.78 is 6.16. The molecule has 0 aliphatic rings. The van der Waals surface area contributed by atoms with Crippen LogP contribution >= 0.6 is 15.9 Å². The molecule has 4 heteroatoms. The van der Waals surface area contributed by atoms with Crippen molar-refractivity contribution in [3.8, 4) is 0 Å². The van der Waals surface area contributed by atoms with Gasteiger partial charge in [0, 0.05) is 17.6 Å². The Morgan fingerprint density at radius 1 is 1.50 bits per heavy atom. The van der Waals surface area contributed by atoms with Crippen LogP contribution < -0.4 is 11.3 Å². The third kappa shape index (κ3) is 3.38. The average Bonchev–Trinajstić information content (AvgIpc) is 2.20. The molecular weight excluding hydrogens is 244 g/mol. The number of halogens is 1. The Labute approximate surface area is 92.7 Å². The van der Waals surface area contributed by atoms with Crippen molar-refractivity contribution in [2.45, 2.75) is 12.5 Å². The number of ether oxygens (including phenoxy) is 1. The van der Waals surface area contributed by atoms with Crippen LogP contribution in [0.15, 0.2) is 28.7 Å². The van der Waals surface area contributed by atoms with Crippen LogP contribution in [0.25, 0.3) is 0 Å². The summed E-state index contributed by atoms with van der Waals surface area (Å²) in [4.78, 5) is 0. The molecule has 0 spiro atoms. The Bertz CT molecular complexity index is 281. The lowest BCUT2D eigenvalue weighted by Gasteiger charge is -2.15. The standard InChI is InChI=1S/C10H15BrN2O/c1-14-7-9(13-12)6-8-4-2-3-5-10(8)11/h2-5,9,13H,6-7,12H2,1H3. The van der Waals surface area contributed by atoms with E-state index in [0.717, 1.165) is 10.9 Å². The van der Waals surface area contributed by atoms with Crippen molar-refractivity contribution in [1.82, 2.24) is 5.43 Å². The maximum atomic E-state index is 5.41. The molecule has 1 unspecified atom stereocenters. The Kier molecular flexibility index (Phi) is 5.11. The summed E-state index contributed by atoms with van der Waals surface area (Å²) >= 11 is 3.50. The predicted molar refractivity (Wildman–Crippen MR) is 60.8 cm³/mol. The highest BCUT2D eigenvalue weighted by Crippen LogP contribution is 2.17. The summed E-state index contributed by atoms with van der Waals surface area (Å²) in [5.74, 6) is 5.41. The summed E-state index contributed by atoms with van der Waals surface area (Å²) in [6, 6.07) is 8.26. The molecule has 0 aromatic heterocycles. The summed E-state index contributed by atoms with van der Waals surface area (Å²) in [6.07, 6.45) is 0.853. The van der Waals surface area contributed by atoms with Crippen LogP contribution in [0.2, 0.25) is 0 Å². The Morgan fingerprint density at radius 3 is 2.79 bits per heavy atom. The molecule has 14 heavy (non-hydrogen) atoms. The Morgan fingerprint density at radius 2 is 2.21 bits per heavy atom. The van der Waals surface area contributed by atoms with Crippen molar-refractivity contribution in [2.75, 3.05) is 13.7 Å². The van der Waals surface area contributed by atoms with Crippen LogP contribution in [-0.2, 0) is 11.2 Å². The Hall–Kier alpha value is -0.420. The molecule has 3 N–H and O–H groups in total. The molecule has 0 aliphatic carbocycles. The molecule has 1 rings (SSSR count). The molecule has 1 aromatic carbocycles. The van der Waals surface area contributed by atoms with Crippen molar-refractivity contribution in [3.05, 3.63) is 34.3 Å². The first-order valence-electron chi connectivity index (χ1n) is 4.46. The fourth-order valence-electron chi connectivity index (χ4n) is 1.30. The van der Waals surface area contributed by atoms with Crippen LogP contribution in [0.3, 0.4) is 0 Å². The highest BCUT2D eigenvalue weighted by molar-refractivity contribution is 9.10. The summed E-state index contributed by atoms with van der Waals surface area (Å²) in [7, 11) is 1.67. The van der Waals surface area contributed by atoms with Crippen molar-refractivity contribution in [2.24, 2.45) is 5.84 Å². The molecule has 0 heterocycles. The van der Waals surface area contributed by atoms with Crippen molar-refractivity contribution >= 4 is 15.9 Å². The normalized spacial score (nSPS) is 12.8. The highest BCUT2D eigenvalue weighted by Gasteiger charge is 2.08. The molecule has 78 valence electrons. The Balaban J connectivity index is 2.62. The van der Waals surface area contributed by atoms with Crippen LogP contribution in [0.1, 0.15) is 5.56 Å². The van der Waals surface area contributed by atoms with E-state index in [4.69, 9.17) is 10.6 Å². The van der Waals surface area contributed by atoms with E-state index in [-0.39, 0.29) is 6.04 Å². The third-order valence-corrected chi connectivity index (χ3v) is 2.80. The van der Waals surface area contributed by atoms with Gasteiger partial charge in [-0.2, -0.15) is 0 Å². The number of hydrazine groups is 1. The lowest BCUT2D eigenvalue weighted by molar-refractivity contribution is 0.166. The molecule has 0 amide bonds. The first-order valence-corrected chi connectivity index (χ1v) is 5.25. The topological polar surface area (TPSA) is 47.3 Å². The van der Waals surface area contributed by atoms with Gasteiger partial charge in [0.1, 0.15) is 0 Å². The SMILES string of the molecule is COCC(Cc1ccccc1Br)NN. The van der Waals surface area contributed by atoms with E-state index < -0.39 is 0 Å². The van der Waals surface area contributed by atoms with Crippen LogP contribution in [0.4, 0.5) is 0 Å². The van der Waals surface area contributed by atoms with Crippen LogP contribution in [0.5, 0.6) is 0 Å². The smallest absolute Gasteiger partial charge is 0.0632 e. The number of rotatable bonds is 5. The van der Waals surface area contributed by atoms with E-state index in [1.807, 2.05) is 18.2 Å². The van der Waals surface area contributed by atoms with Crippen molar-refractivity contribution < 1.29 is 4.74 Å². The summed E-state index contributed by atoms with van der Waals surface area (Å²) in [5, 5.41) is 0. The van der Waals surface area contributed by atoms with Gasteiger partial charge in [-0.05, 0) is 18.1 Å². The van der Waals surface area contributed by atoms with Gasteiger partial charge in [-0.15, -0.1) is 0 Å². The molecule has 0 saturated heterocycles. The largest absolute Gasteiger partial charge is 0.383 e. The second kappa shape index (κ2) is 6.14. The molecule has 0 saturated carbocycles. The zero-order valence-electron chi connectivity index (χ0n) is 8.16. The highest BCUT2D eigenvalue weighted by atomic mass is 79.9. The lowest BCUT2D eigenvalue weighted by Crippen LogP contribution is -2.40. The first kappa shape index (κ1) is 11.7. The minimum absolute atomic E-state index is 0.152. The van der Waals surface area contributed by atoms with Crippen LogP contribution in [0, 0.1) is 0 Å². The number of methoxy groups -OCH3 is 1. The zero-order valence-corrected chi connectivity index (χ0v) is 9.75. The predicted octanol–water partition coefficient (Wildman–Crippen LogP) is 1.47. The van der Waals surface area contributed by atoms with E-state index in [0.29, 0.717) is 6.61 Å². The van der Waals surface area contributed by atoms with Gasteiger partial charge in [-0.25, -0.2) is 0 Å². The van der Waals surface area contributed by atoms with Crippen molar-refractivity contribution in [3.63, 3.8) is 0 Å². The fraction of sp³-hybridized carbons (Fsp3) is 0.400. The van der Waals surface area contributed by atoms with Gasteiger partial charge in [0.15, 0.2) is 0 Å². The van der Waals surface area contributed by atoms with Crippen LogP contribution in [-0.4, -0.2) is 19.8 Å². The van der Waals surface area contributed by atoms with Gasteiger partial charge >= 0.3 is 0 Å². The number of hydrogen-bond acceptors (Lipinski definition) is 3. The zero-order chi connectivity index (χ0) is 10.4. The second-order valence-electron chi connectivity index (χ2n) is 3.11. The molecule has 1 aromatic rings. The summed E-state index contributed by atoms with van der Waals surface area (Å²) in [6.45, 7) is 0.609. The third-order valence-electron chi connectivity index (χ3n) is 2.03. The summed E-state index contributed by atoms with van der Waals surface area (Å²) in [5.41, 5.74) is 3.96. The molecule has 0 aliphatic heterocycles. The fourth-order valence-corrected chi connectivity index (χ4v) is 1.74. The van der Waals surface area contributed by atoms with E-state index in [9.17, 15) is 0 Å². The maximum Gasteiger partial charge on any atom is 0.0632 e. The van der Waals surface area contributed by atoms with Gasteiger partial charge in [0.25, 0.3) is 0 Å². The average molecular weight is 259 g/mol. The minimum Gasteiger partial charge on any atom is -0.383 e. The molecule has 0 fully saturated rings. The van der Waals surface area contributed by atoms with E-state index in [1.54, 1.807) is 7.11 Å². The molecule has 0 radical (unpaired) electrons. The van der Waals surface area contributed by atoms with Gasteiger partial charge in [0.2, 0.25) is 0 Å². The molecular formula is C10H15BrN2O. The quantitative estimate of drug-likeness (QED) is 0.621. The van der Waals surface area contributed by atoms with Gasteiger partial charge in [0.05, 0.1) is 6.61 Å². The number of hydrogen-bond donors (Lipinski definition) is 2. The van der Waals surface area contributed by atoms with Crippen molar-refractivity contribution in [1.29, 1.82) is 0 Å².